The van der Waals surface area contributed by atoms with E-state index in [-0.39, 0.29) is 12.5 Å². The summed E-state index contributed by atoms with van der Waals surface area (Å²) in [5.41, 5.74) is 3.38. The first kappa shape index (κ1) is 18.2. The van der Waals surface area contributed by atoms with E-state index in [2.05, 4.69) is 15.2 Å². The molecule has 0 aliphatic heterocycles. The first-order valence-electron chi connectivity index (χ1n) is 7.75. The minimum atomic E-state index is -0.398. The number of oxime groups is 1. The lowest BCUT2D eigenvalue weighted by molar-refractivity contribution is -0.125. The maximum atomic E-state index is 11.7. The van der Waals surface area contributed by atoms with Crippen LogP contribution >= 0.6 is 0 Å². The molecule has 0 bridgehead atoms. The van der Waals surface area contributed by atoms with Crippen LogP contribution in [0, 0.1) is 6.92 Å². The fourth-order valence-electron chi connectivity index (χ4n) is 2.07. The number of carbonyl (C=O) groups excluding carboxylic acids is 2. The molecule has 0 aromatic heterocycles. The number of aryl methyl sites for hydroxylation is 1. The number of benzene rings is 2. The number of amides is 1. The van der Waals surface area contributed by atoms with E-state index < -0.39 is 5.97 Å². The summed E-state index contributed by atoms with van der Waals surface area (Å²) in [6, 6.07) is 14.5. The van der Waals surface area contributed by atoms with Gasteiger partial charge < -0.3 is 14.9 Å². The average Bonchev–Trinajstić information content (AvgIpc) is 2.64. The summed E-state index contributed by atoms with van der Waals surface area (Å²) in [4.78, 5) is 28.0. The molecule has 0 atom stereocenters. The lowest BCUT2D eigenvalue weighted by Crippen LogP contribution is -2.26. The van der Waals surface area contributed by atoms with Crippen molar-refractivity contribution in [1.29, 1.82) is 0 Å². The molecule has 6 nitrogen and oxygen atoms in total. The molecule has 1 amide bonds. The maximum absolute atomic E-state index is 11.7. The molecule has 0 spiro atoms. The van der Waals surface area contributed by atoms with Gasteiger partial charge in [-0.05, 0) is 35.7 Å². The van der Waals surface area contributed by atoms with Gasteiger partial charge in [-0.15, -0.1) is 0 Å². The van der Waals surface area contributed by atoms with E-state index in [1.807, 2.05) is 31.2 Å². The highest BCUT2D eigenvalue weighted by Crippen LogP contribution is 2.06. The second-order valence-corrected chi connectivity index (χ2v) is 5.32. The van der Waals surface area contributed by atoms with Gasteiger partial charge in [-0.3, -0.25) is 4.79 Å². The number of carbonyl (C=O) groups is 2. The zero-order valence-electron chi connectivity index (χ0n) is 14.2. The Morgan fingerprint density at radius 2 is 1.84 bits per heavy atom. The van der Waals surface area contributed by atoms with Gasteiger partial charge in [0.25, 0.3) is 5.91 Å². The van der Waals surface area contributed by atoms with E-state index in [4.69, 9.17) is 4.84 Å². The summed E-state index contributed by atoms with van der Waals surface area (Å²) < 4.78 is 4.62. The highest BCUT2D eigenvalue weighted by Gasteiger charge is 2.04. The van der Waals surface area contributed by atoms with Crippen molar-refractivity contribution in [2.45, 2.75) is 13.5 Å². The molecule has 0 heterocycles. The molecule has 0 saturated heterocycles. The van der Waals surface area contributed by atoms with Crippen LogP contribution in [0.2, 0.25) is 0 Å². The zero-order valence-corrected chi connectivity index (χ0v) is 14.2. The number of esters is 1. The summed E-state index contributed by atoms with van der Waals surface area (Å²) in [7, 11) is 1.33. The predicted molar refractivity (Wildman–Crippen MR) is 94.4 cm³/mol. The summed E-state index contributed by atoms with van der Waals surface area (Å²) >= 11 is 0. The van der Waals surface area contributed by atoms with Crippen LogP contribution in [0.25, 0.3) is 0 Å². The van der Waals surface area contributed by atoms with Crippen molar-refractivity contribution in [2.75, 3.05) is 13.7 Å². The van der Waals surface area contributed by atoms with Crippen LogP contribution in [0.1, 0.15) is 27.0 Å². The Kier molecular flexibility index (Phi) is 6.71. The molecule has 0 aliphatic rings. The van der Waals surface area contributed by atoms with Gasteiger partial charge in [0.05, 0.1) is 18.9 Å². The number of nitrogens with one attached hydrogen (secondary N) is 1. The van der Waals surface area contributed by atoms with E-state index >= 15 is 0 Å². The van der Waals surface area contributed by atoms with Gasteiger partial charge in [0, 0.05) is 6.54 Å². The Morgan fingerprint density at radius 1 is 1.12 bits per heavy atom. The number of rotatable bonds is 7. The molecule has 25 heavy (non-hydrogen) atoms. The van der Waals surface area contributed by atoms with Gasteiger partial charge in [-0.25, -0.2) is 4.79 Å². The van der Waals surface area contributed by atoms with Crippen molar-refractivity contribution in [2.24, 2.45) is 5.16 Å². The molecular weight excluding hydrogens is 320 g/mol. The fraction of sp³-hybridized carbons (Fsp3) is 0.211. The molecule has 2 aromatic rings. The zero-order chi connectivity index (χ0) is 18.1. The van der Waals surface area contributed by atoms with Crippen LogP contribution < -0.4 is 5.32 Å². The van der Waals surface area contributed by atoms with Crippen molar-refractivity contribution in [3.63, 3.8) is 0 Å². The number of methoxy groups -OCH3 is 1. The third kappa shape index (κ3) is 5.76. The molecule has 130 valence electrons. The molecule has 2 rings (SSSR count). The van der Waals surface area contributed by atoms with Crippen LogP contribution in [0.15, 0.2) is 53.7 Å². The first-order chi connectivity index (χ1) is 12.1. The van der Waals surface area contributed by atoms with Crippen LogP contribution in [0.3, 0.4) is 0 Å². The first-order valence-corrected chi connectivity index (χ1v) is 7.75. The number of ether oxygens (including phenoxy) is 1. The van der Waals surface area contributed by atoms with Crippen molar-refractivity contribution in [1.82, 2.24) is 5.32 Å². The Labute approximate surface area is 146 Å². The maximum Gasteiger partial charge on any atom is 0.337 e. The van der Waals surface area contributed by atoms with E-state index in [0.29, 0.717) is 12.1 Å². The number of hydrogen-bond donors (Lipinski definition) is 1. The molecular formula is C19H20N2O4. The van der Waals surface area contributed by atoms with E-state index in [1.54, 1.807) is 24.3 Å². The second-order valence-electron chi connectivity index (χ2n) is 5.32. The van der Waals surface area contributed by atoms with Crippen LogP contribution in [0.4, 0.5) is 0 Å². The predicted octanol–water partition coefficient (Wildman–Crippen LogP) is 2.45. The quantitative estimate of drug-likeness (QED) is 0.477. The Balaban J connectivity index is 1.74. The van der Waals surface area contributed by atoms with Gasteiger partial charge in [-0.2, -0.15) is 0 Å². The summed E-state index contributed by atoms with van der Waals surface area (Å²) in [5, 5.41) is 6.52. The Morgan fingerprint density at radius 3 is 2.52 bits per heavy atom. The normalized spacial score (nSPS) is 10.5. The molecule has 6 heteroatoms. The lowest BCUT2D eigenvalue weighted by atomic mass is 10.1. The van der Waals surface area contributed by atoms with Crippen LogP contribution in [0.5, 0.6) is 0 Å². The van der Waals surface area contributed by atoms with Gasteiger partial charge >= 0.3 is 5.97 Å². The average molecular weight is 340 g/mol. The number of nitrogens with zero attached hydrogens (tertiary/aromatic N) is 1. The highest BCUT2D eigenvalue weighted by atomic mass is 16.6. The van der Waals surface area contributed by atoms with Gasteiger partial charge in [-0.1, -0.05) is 41.6 Å². The molecule has 0 unspecified atom stereocenters. The van der Waals surface area contributed by atoms with Crippen LogP contribution in [-0.4, -0.2) is 31.8 Å². The third-order valence-electron chi connectivity index (χ3n) is 3.54. The van der Waals surface area contributed by atoms with E-state index in [0.717, 1.165) is 16.7 Å². The molecule has 1 N–H and O–H groups in total. The highest BCUT2D eigenvalue weighted by molar-refractivity contribution is 5.90. The minimum absolute atomic E-state index is 0.164. The third-order valence-corrected chi connectivity index (χ3v) is 3.54. The molecule has 2 aromatic carbocycles. The number of hydrogen-bond acceptors (Lipinski definition) is 5. The van der Waals surface area contributed by atoms with E-state index in [9.17, 15) is 9.59 Å². The summed E-state index contributed by atoms with van der Waals surface area (Å²) in [6.07, 6.45) is 1.47. The largest absolute Gasteiger partial charge is 0.465 e. The van der Waals surface area contributed by atoms with Crippen molar-refractivity contribution in [3.8, 4) is 0 Å². The summed E-state index contributed by atoms with van der Waals surface area (Å²) in [6.45, 7) is 2.28. The molecule has 0 fully saturated rings. The second kappa shape index (κ2) is 9.22. The van der Waals surface area contributed by atoms with Gasteiger partial charge in [0.2, 0.25) is 0 Å². The van der Waals surface area contributed by atoms with Crippen molar-refractivity contribution in [3.05, 3.63) is 70.8 Å². The Hall–Kier alpha value is -3.15. The van der Waals surface area contributed by atoms with Crippen LogP contribution in [-0.2, 0) is 20.9 Å². The molecule has 0 saturated carbocycles. The topological polar surface area (TPSA) is 77.0 Å². The smallest absolute Gasteiger partial charge is 0.337 e. The fourth-order valence-corrected chi connectivity index (χ4v) is 2.07. The van der Waals surface area contributed by atoms with Crippen molar-refractivity contribution < 1.29 is 19.2 Å². The summed E-state index contributed by atoms with van der Waals surface area (Å²) in [5.74, 6) is -0.647. The van der Waals surface area contributed by atoms with E-state index in [1.165, 1.54) is 13.3 Å². The standard InChI is InChI=1S/C19H20N2O4/c1-14-5-3-4-6-17(14)12-20-18(22)13-25-21-11-15-7-9-16(10-8-15)19(23)24-2/h3-11H,12-13H2,1-2H3,(H,20,22). The minimum Gasteiger partial charge on any atom is -0.465 e. The monoisotopic (exact) mass is 340 g/mol. The van der Waals surface area contributed by atoms with Crippen molar-refractivity contribution >= 4 is 18.1 Å². The lowest BCUT2D eigenvalue weighted by Gasteiger charge is -2.07. The Bertz CT molecular complexity index is 754. The molecule has 0 radical (unpaired) electrons. The SMILES string of the molecule is COC(=O)c1ccc(C=NOCC(=O)NCc2ccccc2C)cc1. The molecule has 0 aliphatic carbocycles. The van der Waals surface area contributed by atoms with Gasteiger partial charge in [0.15, 0.2) is 6.61 Å². The van der Waals surface area contributed by atoms with Gasteiger partial charge in [0.1, 0.15) is 0 Å².